The number of anilines is 1. The van der Waals surface area contributed by atoms with E-state index in [1.54, 1.807) is 23.2 Å². The first-order valence-electron chi connectivity index (χ1n) is 5.92. The van der Waals surface area contributed by atoms with Crippen LogP contribution in [0, 0.1) is 5.92 Å². The van der Waals surface area contributed by atoms with Gasteiger partial charge in [0, 0.05) is 13.1 Å². The predicted molar refractivity (Wildman–Crippen MR) is 72.3 cm³/mol. The number of carbonyl (C=O) groups excluding carboxylic acids is 1. The third-order valence-electron chi connectivity index (χ3n) is 3.18. The monoisotopic (exact) mass is 313 g/mol. The van der Waals surface area contributed by atoms with Crippen LogP contribution in [-0.2, 0) is 0 Å². The van der Waals surface area contributed by atoms with Crippen LogP contribution in [0.25, 0.3) is 0 Å². The number of aliphatic hydroxyl groups excluding tert-OH is 1. The van der Waals surface area contributed by atoms with Gasteiger partial charge in [0.05, 0.1) is 18.0 Å². The number of urea groups is 1. The molecule has 6 heteroatoms. The summed E-state index contributed by atoms with van der Waals surface area (Å²) in [5, 5.41) is 12.5. The second-order valence-electron chi connectivity index (χ2n) is 4.58. The molecule has 18 heavy (non-hydrogen) atoms. The molecule has 0 aliphatic carbocycles. The van der Waals surface area contributed by atoms with Gasteiger partial charge in [0.2, 0.25) is 0 Å². The fourth-order valence-electron chi connectivity index (χ4n) is 1.89. The molecule has 1 fully saturated rings. The van der Waals surface area contributed by atoms with Crippen LogP contribution >= 0.6 is 15.9 Å². The Morgan fingerprint density at radius 3 is 3.00 bits per heavy atom. The van der Waals surface area contributed by atoms with Gasteiger partial charge in [0.1, 0.15) is 4.60 Å². The summed E-state index contributed by atoms with van der Waals surface area (Å²) in [6, 6.07) is 3.35. The van der Waals surface area contributed by atoms with Gasteiger partial charge in [0.25, 0.3) is 0 Å². The SMILES string of the molecule is CC1CCN(C(=O)Nc2ccc(Br)nc2)CC1O. The highest BCUT2D eigenvalue weighted by atomic mass is 79.9. The second kappa shape index (κ2) is 5.67. The molecule has 0 aromatic carbocycles. The first kappa shape index (κ1) is 13.3. The van der Waals surface area contributed by atoms with E-state index in [0.29, 0.717) is 18.8 Å². The van der Waals surface area contributed by atoms with Crippen molar-refractivity contribution in [3.63, 3.8) is 0 Å². The number of halogens is 1. The molecule has 98 valence electrons. The molecule has 1 aliphatic rings. The Hall–Kier alpha value is -1.14. The minimum atomic E-state index is -0.437. The van der Waals surface area contributed by atoms with E-state index in [-0.39, 0.29) is 11.9 Å². The zero-order chi connectivity index (χ0) is 13.1. The van der Waals surface area contributed by atoms with E-state index >= 15 is 0 Å². The lowest BCUT2D eigenvalue weighted by molar-refractivity contribution is 0.0464. The normalized spacial score (nSPS) is 23.8. The number of rotatable bonds is 1. The van der Waals surface area contributed by atoms with Gasteiger partial charge in [0.15, 0.2) is 0 Å². The molecule has 2 N–H and O–H groups in total. The standard InChI is InChI=1S/C12H16BrN3O2/c1-8-4-5-16(7-10(8)17)12(18)15-9-2-3-11(13)14-6-9/h2-3,6,8,10,17H,4-5,7H2,1H3,(H,15,18). The second-order valence-corrected chi connectivity index (χ2v) is 5.39. The molecule has 1 saturated heterocycles. The van der Waals surface area contributed by atoms with Crippen LogP contribution in [0.1, 0.15) is 13.3 Å². The molecule has 5 nitrogen and oxygen atoms in total. The fourth-order valence-corrected chi connectivity index (χ4v) is 2.12. The number of hydrogen-bond acceptors (Lipinski definition) is 3. The summed E-state index contributed by atoms with van der Waals surface area (Å²) < 4.78 is 0.725. The summed E-state index contributed by atoms with van der Waals surface area (Å²) in [5.41, 5.74) is 0.649. The summed E-state index contributed by atoms with van der Waals surface area (Å²) in [5.74, 6) is 0.253. The number of carbonyl (C=O) groups is 1. The number of likely N-dealkylation sites (tertiary alicyclic amines) is 1. The maximum absolute atomic E-state index is 12.0. The lowest BCUT2D eigenvalue weighted by atomic mass is 9.96. The molecule has 0 spiro atoms. The molecular formula is C12H16BrN3O2. The van der Waals surface area contributed by atoms with Crippen molar-refractivity contribution >= 4 is 27.6 Å². The van der Waals surface area contributed by atoms with Crippen molar-refractivity contribution in [1.29, 1.82) is 0 Å². The highest BCUT2D eigenvalue weighted by Crippen LogP contribution is 2.18. The molecule has 1 aliphatic heterocycles. The molecular weight excluding hydrogens is 298 g/mol. The van der Waals surface area contributed by atoms with Gasteiger partial charge in [-0.05, 0) is 40.4 Å². The van der Waals surface area contributed by atoms with Crippen LogP contribution in [0.2, 0.25) is 0 Å². The Balaban J connectivity index is 1.94. The summed E-state index contributed by atoms with van der Waals surface area (Å²) in [7, 11) is 0. The molecule has 1 aromatic rings. The van der Waals surface area contributed by atoms with Crippen molar-refractivity contribution in [2.75, 3.05) is 18.4 Å². The van der Waals surface area contributed by atoms with Gasteiger partial charge in [-0.15, -0.1) is 0 Å². The van der Waals surface area contributed by atoms with Crippen molar-refractivity contribution in [2.24, 2.45) is 5.92 Å². The van der Waals surface area contributed by atoms with Crippen LogP contribution in [0.3, 0.4) is 0 Å². The van der Waals surface area contributed by atoms with Crippen LogP contribution in [0.4, 0.5) is 10.5 Å². The Morgan fingerprint density at radius 1 is 1.61 bits per heavy atom. The van der Waals surface area contributed by atoms with Crippen LogP contribution < -0.4 is 5.32 Å². The van der Waals surface area contributed by atoms with E-state index in [2.05, 4.69) is 26.2 Å². The number of piperidine rings is 1. The minimum Gasteiger partial charge on any atom is -0.391 e. The number of aliphatic hydroxyl groups is 1. The third-order valence-corrected chi connectivity index (χ3v) is 3.65. The van der Waals surface area contributed by atoms with Gasteiger partial charge >= 0.3 is 6.03 Å². The molecule has 0 bridgehead atoms. The van der Waals surface area contributed by atoms with Crippen LogP contribution in [0.15, 0.2) is 22.9 Å². The van der Waals surface area contributed by atoms with Gasteiger partial charge in [-0.3, -0.25) is 0 Å². The summed E-state index contributed by atoms with van der Waals surface area (Å²) >= 11 is 3.24. The number of pyridine rings is 1. The van der Waals surface area contributed by atoms with E-state index < -0.39 is 6.10 Å². The maximum atomic E-state index is 12.0. The van der Waals surface area contributed by atoms with E-state index in [1.165, 1.54) is 0 Å². The van der Waals surface area contributed by atoms with Gasteiger partial charge in [-0.1, -0.05) is 6.92 Å². The predicted octanol–water partition coefficient (Wildman–Crippen LogP) is 2.08. The van der Waals surface area contributed by atoms with Crippen molar-refractivity contribution in [1.82, 2.24) is 9.88 Å². The number of amides is 2. The minimum absolute atomic E-state index is 0.190. The van der Waals surface area contributed by atoms with Crippen LogP contribution in [0.5, 0.6) is 0 Å². The van der Waals surface area contributed by atoms with E-state index in [9.17, 15) is 9.90 Å². The average Bonchev–Trinajstić information content (AvgIpc) is 2.35. The Labute approximate surface area is 114 Å². The average molecular weight is 314 g/mol. The fraction of sp³-hybridized carbons (Fsp3) is 0.500. The van der Waals surface area contributed by atoms with Crippen molar-refractivity contribution in [3.8, 4) is 0 Å². The van der Waals surface area contributed by atoms with Crippen molar-refractivity contribution in [3.05, 3.63) is 22.9 Å². The molecule has 2 amide bonds. The first-order valence-corrected chi connectivity index (χ1v) is 6.71. The quantitative estimate of drug-likeness (QED) is 0.780. The Bertz CT molecular complexity index is 424. The maximum Gasteiger partial charge on any atom is 0.321 e. The molecule has 2 heterocycles. The summed E-state index contributed by atoms with van der Waals surface area (Å²) in [4.78, 5) is 17.6. The first-order chi connectivity index (χ1) is 8.56. The highest BCUT2D eigenvalue weighted by molar-refractivity contribution is 9.10. The topological polar surface area (TPSA) is 65.5 Å². The molecule has 2 unspecified atom stereocenters. The van der Waals surface area contributed by atoms with Crippen LogP contribution in [-0.4, -0.2) is 40.2 Å². The van der Waals surface area contributed by atoms with Crippen molar-refractivity contribution in [2.45, 2.75) is 19.4 Å². The number of nitrogens with one attached hydrogen (secondary N) is 1. The van der Waals surface area contributed by atoms with E-state index in [4.69, 9.17) is 0 Å². The van der Waals surface area contributed by atoms with Crippen molar-refractivity contribution < 1.29 is 9.90 Å². The third kappa shape index (κ3) is 3.20. The number of β-amino-alcohol motifs (C(OH)–C–C–N with tert-alkyl or cyclic N) is 1. The Kier molecular flexibility index (Phi) is 4.19. The number of hydrogen-bond donors (Lipinski definition) is 2. The highest BCUT2D eigenvalue weighted by Gasteiger charge is 2.27. The number of nitrogens with zero attached hydrogens (tertiary/aromatic N) is 2. The zero-order valence-corrected chi connectivity index (χ0v) is 11.7. The zero-order valence-electron chi connectivity index (χ0n) is 10.1. The van der Waals surface area contributed by atoms with E-state index in [1.807, 2.05) is 6.92 Å². The van der Waals surface area contributed by atoms with Gasteiger partial charge < -0.3 is 15.3 Å². The molecule has 0 saturated carbocycles. The molecule has 0 radical (unpaired) electrons. The lowest BCUT2D eigenvalue weighted by Crippen LogP contribution is -2.47. The van der Waals surface area contributed by atoms with Gasteiger partial charge in [-0.25, -0.2) is 9.78 Å². The molecule has 1 aromatic heterocycles. The lowest BCUT2D eigenvalue weighted by Gasteiger charge is -2.34. The summed E-state index contributed by atoms with van der Waals surface area (Å²) in [6.45, 7) is 3.06. The van der Waals surface area contributed by atoms with Gasteiger partial charge in [-0.2, -0.15) is 0 Å². The smallest absolute Gasteiger partial charge is 0.321 e. The number of aromatic nitrogens is 1. The van der Waals surface area contributed by atoms with E-state index in [0.717, 1.165) is 11.0 Å². The summed E-state index contributed by atoms with van der Waals surface area (Å²) in [6.07, 6.45) is 1.98. The molecule has 2 atom stereocenters. The Morgan fingerprint density at radius 2 is 2.39 bits per heavy atom. The molecule has 2 rings (SSSR count). The largest absolute Gasteiger partial charge is 0.391 e.